The highest BCUT2D eigenvalue weighted by atomic mass is 16.6. The van der Waals surface area contributed by atoms with Crippen molar-refractivity contribution in [3.63, 3.8) is 0 Å². The Morgan fingerprint density at radius 2 is 0.535 bits per heavy atom. The average molecular weight is 1000 g/mol. The minimum Gasteiger partial charge on any atom is -0.462 e. The Balaban J connectivity index is 4.27. The second kappa shape index (κ2) is 57.7. The lowest BCUT2D eigenvalue weighted by Gasteiger charge is -2.18. The van der Waals surface area contributed by atoms with Gasteiger partial charge in [-0.15, -0.1) is 0 Å². The third-order valence-electron chi connectivity index (χ3n) is 15.3. The average Bonchev–Trinajstić information content (AvgIpc) is 3.36. The van der Waals surface area contributed by atoms with Gasteiger partial charge >= 0.3 is 17.9 Å². The van der Waals surface area contributed by atoms with Gasteiger partial charge in [0.05, 0.1) is 0 Å². The van der Waals surface area contributed by atoms with Gasteiger partial charge in [0.15, 0.2) is 6.10 Å². The predicted octanol–water partition coefficient (Wildman–Crippen LogP) is 21.6. The molecular weight excluding hydrogens is 877 g/mol. The first-order chi connectivity index (χ1) is 34.8. The van der Waals surface area contributed by atoms with Crippen LogP contribution in [-0.2, 0) is 28.6 Å². The maximum absolute atomic E-state index is 12.9. The monoisotopic (exact) mass is 1000 g/mol. The summed E-state index contributed by atoms with van der Waals surface area (Å²) in [5, 5.41) is 0. The maximum Gasteiger partial charge on any atom is 0.306 e. The van der Waals surface area contributed by atoms with Crippen molar-refractivity contribution in [2.75, 3.05) is 13.2 Å². The summed E-state index contributed by atoms with van der Waals surface area (Å²) in [6.07, 6.45) is 63.8. The van der Waals surface area contributed by atoms with Crippen molar-refractivity contribution in [2.45, 2.75) is 375 Å². The summed E-state index contributed by atoms with van der Waals surface area (Å²) in [6, 6.07) is 0. The van der Waals surface area contributed by atoms with Gasteiger partial charge in [0.2, 0.25) is 0 Å². The smallest absolute Gasteiger partial charge is 0.306 e. The van der Waals surface area contributed by atoms with Crippen LogP contribution in [0, 0.1) is 11.8 Å². The Morgan fingerprint density at radius 1 is 0.296 bits per heavy atom. The molecule has 0 aromatic carbocycles. The molecule has 0 aromatic heterocycles. The van der Waals surface area contributed by atoms with Crippen LogP contribution in [0.15, 0.2) is 0 Å². The highest BCUT2D eigenvalue weighted by Gasteiger charge is 2.19. The Labute approximate surface area is 444 Å². The highest BCUT2D eigenvalue weighted by molar-refractivity contribution is 5.71. The van der Waals surface area contributed by atoms with E-state index in [0.717, 1.165) is 69.6 Å². The summed E-state index contributed by atoms with van der Waals surface area (Å²) >= 11 is 0. The lowest BCUT2D eigenvalue weighted by atomic mass is 9.99. The lowest BCUT2D eigenvalue weighted by Crippen LogP contribution is -2.30. The molecule has 0 aliphatic rings. The minimum absolute atomic E-state index is 0.0618. The normalized spacial score (nSPS) is 12.4. The second-order valence-electron chi connectivity index (χ2n) is 23.1. The Bertz CT molecular complexity index is 1090. The first-order valence-electron chi connectivity index (χ1n) is 32.3. The molecule has 2 atom stereocenters. The van der Waals surface area contributed by atoms with Gasteiger partial charge in [0, 0.05) is 19.3 Å². The summed E-state index contributed by atoms with van der Waals surface area (Å²) in [5.41, 5.74) is 0. The number of carbonyl (C=O) groups is 3. The van der Waals surface area contributed by atoms with E-state index >= 15 is 0 Å². The Kier molecular flexibility index (Phi) is 56.4. The standard InChI is InChI=1S/C65H126O6/c1-6-8-9-10-11-12-13-14-19-25-30-35-40-45-50-55-63(66)69-58-62(59-70-64(67)56-51-46-41-36-31-27-22-23-28-33-38-43-48-53-60(3)4)71-65(68)57-52-47-42-37-32-26-21-18-16-15-17-20-24-29-34-39-44-49-54-61(5)7-2/h60-62H,6-59H2,1-5H3/t61?,62-/m0/s1. The molecule has 1 unspecified atom stereocenters. The zero-order chi connectivity index (χ0) is 51.8. The molecule has 0 N–H and O–H groups in total. The predicted molar refractivity (Wildman–Crippen MR) is 307 cm³/mol. The van der Waals surface area contributed by atoms with Crippen molar-refractivity contribution in [2.24, 2.45) is 11.8 Å². The molecule has 0 fully saturated rings. The van der Waals surface area contributed by atoms with Gasteiger partial charge in [0.1, 0.15) is 13.2 Å². The van der Waals surface area contributed by atoms with Crippen molar-refractivity contribution >= 4 is 17.9 Å². The first-order valence-corrected chi connectivity index (χ1v) is 32.3. The number of hydrogen-bond acceptors (Lipinski definition) is 6. The van der Waals surface area contributed by atoms with Crippen molar-refractivity contribution in [3.05, 3.63) is 0 Å². The molecule has 0 rings (SSSR count). The molecule has 6 nitrogen and oxygen atoms in total. The van der Waals surface area contributed by atoms with Crippen molar-refractivity contribution < 1.29 is 28.6 Å². The number of hydrogen-bond donors (Lipinski definition) is 0. The zero-order valence-electron chi connectivity index (χ0n) is 48.9. The molecule has 0 heterocycles. The van der Waals surface area contributed by atoms with Crippen LogP contribution in [0.5, 0.6) is 0 Å². The maximum atomic E-state index is 12.9. The van der Waals surface area contributed by atoms with Crippen LogP contribution < -0.4 is 0 Å². The molecule has 6 heteroatoms. The van der Waals surface area contributed by atoms with Crippen LogP contribution in [0.2, 0.25) is 0 Å². The fourth-order valence-electron chi connectivity index (χ4n) is 10.1. The molecule has 0 saturated heterocycles. The molecule has 0 aliphatic heterocycles. The van der Waals surface area contributed by atoms with Crippen LogP contribution in [0.4, 0.5) is 0 Å². The van der Waals surface area contributed by atoms with Crippen LogP contribution >= 0.6 is 0 Å². The molecule has 0 aliphatic carbocycles. The van der Waals surface area contributed by atoms with Gasteiger partial charge in [-0.3, -0.25) is 14.4 Å². The summed E-state index contributed by atoms with van der Waals surface area (Å²) in [5.74, 6) is 0.918. The van der Waals surface area contributed by atoms with Gasteiger partial charge in [0.25, 0.3) is 0 Å². The molecule has 0 saturated carbocycles. The first kappa shape index (κ1) is 69.4. The molecule has 0 radical (unpaired) electrons. The van der Waals surface area contributed by atoms with Gasteiger partial charge in [-0.2, -0.15) is 0 Å². The number of rotatable bonds is 59. The molecule has 0 spiro atoms. The van der Waals surface area contributed by atoms with Gasteiger partial charge < -0.3 is 14.2 Å². The third kappa shape index (κ3) is 57.5. The van der Waals surface area contributed by atoms with Gasteiger partial charge in [-0.25, -0.2) is 0 Å². The van der Waals surface area contributed by atoms with Crippen molar-refractivity contribution in [1.82, 2.24) is 0 Å². The van der Waals surface area contributed by atoms with E-state index in [9.17, 15) is 14.4 Å². The number of ether oxygens (including phenoxy) is 3. The summed E-state index contributed by atoms with van der Waals surface area (Å²) in [4.78, 5) is 38.3. The van der Waals surface area contributed by atoms with Crippen molar-refractivity contribution in [3.8, 4) is 0 Å². The molecule has 422 valence electrons. The molecule has 0 amide bonds. The molecule has 71 heavy (non-hydrogen) atoms. The van der Waals surface area contributed by atoms with Crippen LogP contribution in [0.25, 0.3) is 0 Å². The van der Waals surface area contributed by atoms with Gasteiger partial charge in [-0.1, -0.05) is 330 Å². The van der Waals surface area contributed by atoms with Gasteiger partial charge in [-0.05, 0) is 31.1 Å². The van der Waals surface area contributed by atoms with Crippen LogP contribution in [0.3, 0.4) is 0 Å². The van der Waals surface area contributed by atoms with E-state index in [-0.39, 0.29) is 31.1 Å². The lowest BCUT2D eigenvalue weighted by molar-refractivity contribution is -0.167. The summed E-state index contributed by atoms with van der Waals surface area (Å²) < 4.78 is 17.0. The van der Waals surface area contributed by atoms with E-state index in [2.05, 4.69) is 34.6 Å². The zero-order valence-corrected chi connectivity index (χ0v) is 48.9. The summed E-state index contributed by atoms with van der Waals surface area (Å²) in [6.45, 7) is 11.5. The molecule has 0 bridgehead atoms. The summed E-state index contributed by atoms with van der Waals surface area (Å²) in [7, 11) is 0. The SMILES string of the molecule is CCCCCCCCCCCCCCCCCC(=O)OC[C@@H](COC(=O)CCCCCCCCCCCCCCCC(C)C)OC(=O)CCCCCCCCCCCCCCCCCCCCC(C)CC. The van der Waals surface area contributed by atoms with E-state index in [0.29, 0.717) is 19.3 Å². The number of esters is 3. The van der Waals surface area contributed by atoms with E-state index in [1.165, 1.54) is 257 Å². The van der Waals surface area contributed by atoms with Crippen LogP contribution in [0.1, 0.15) is 369 Å². The number of unbranched alkanes of at least 4 members (excludes halogenated alkanes) is 43. The van der Waals surface area contributed by atoms with E-state index in [4.69, 9.17) is 14.2 Å². The van der Waals surface area contributed by atoms with E-state index in [1.807, 2.05) is 0 Å². The molecule has 0 aromatic rings. The number of carbonyl (C=O) groups excluding carboxylic acids is 3. The van der Waals surface area contributed by atoms with E-state index < -0.39 is 6.10 Å². The second-order valence-corrected chi connectivity index (χ2v) is 23.1. The van der Waals surface area contributed by atoms with Crippen molar-refractivity contribution in [1.29, 1.82) is 0 Å². The Hall–Kier alpha value is -1.59. The van der Waals surface area contributed by atoms with Crippen LogP contribution in [-0.4, -0.2) is 37.2 Å². The quantitative estimate of drug-likeness (QED) is 0.0343. The topological polar surface area (TPSA) is 78.9 Å². The van der Waals surface area contributed by atoms with E-state index in [1.54, 1.807) is 0 Å². The fraction of sp³-hybridized carbons (Fsp3) is 0.954. The minimum atomic E-state index is -0.764. The molecular formula is C65H126O6. The Morgan fingerprint density at radius 3 is 0.803 bits per heavy atom. The fourth-order valence-corrected chi connectivity index (χ4v) is 10.1. The largest absolute Gasteiger partial charge is 0.462 e. The third-order valence-corrected chi connectivity index (χ3v) is 15.3. The highest BCUT2D eigenvalue weighted by Crippen LogP contribution is 2.19.